The number of hydrogen-bond donors (Lipinski definition) is 1. The zero-order valence-electron chi connectivity index (χ0n) is 13.7. The maximum atomic E-state index is 12.9. The quantitative estimate of drug-likeness (QED) is 0.835. The Morgan fingerprint density at radius 1 is 1.26 bits per heavy atom. The molecule has 1 N–H and O–H groups in total. The third-order valence-electron chi connectivity index (χ3n) is 4.28. The number of esters is 1. The molecule has 1 aliphatic rings. The van der Waals surface area contributed by atoms with Crippen LogP contribution in [-0.4, -0.2) is 24.5 Å². The standard InChI is InChI=1S/C18H24ClNO3/c1-13(2)23-16(21)12-20-17(22)18(9-4-3-5-10-18)14-7-6-8-15(19)11-14/h6-8,11,13H,3-5,9-10,12H2,1-2H3,(H,20,22). The molecule has 0 aromatic heterocycles. The number of benzene rings is 1. The van der Waals surface area contributed by atoms with Gasteiger partial charge in [0.05, 0.1) is 11.5 Å². The lowest BCUT2D eigenvalue weighted by atomic mass is 9.68. The van der Waals surface area contributed by atoms with E-state index in [9.17, 15) is 9.59 Å². The van der Waals surface area contributed by atoms with Gasteiger partial charge in [-0.1, -0.05) is 43.0 Å². The van der Waals surface area contributed by atoms with E-state index in [0.29, 0.717) is 5.02 Å². The number of halogens is 1. The molecule has 5 heteroatoms. The van der Waals surface area contributed by atoms with E-state index in [1.807, 2.05) is 18.2 Å². The largest absolute Gasteiger partial charge is 0.462 e. The highest BCUT2D eigenvalue weighted by atomic mass is 35.5. The summed E-state index contributed by atoms with van der Waals surface area (Å²) in [5.41, 5.74) is 0.334. The molecule has 126 valence electrons. The Balaban J connectivity index is 2.15. The molecular formula is C18H24ClNO3. The SMILES string of the molecule is CC(C)OC(=O)CNC(=O)C1(c2cccc(Cl)c2)CCCCC1. The van der Waals surface area contributed by atoms with Crippen molar-refractivity contribution in [2.24, 2.45) is 0 Å². The molecule has 2 rings (SSSR count). The number of ether oxygens (including phenoxy) is 1. The first-order chi connectivity index (χ1) is 10.9. The Kier molecular flexibility index (Phi) is 6.05. The highest BCUT2D eigenvalue weighted by Crippen LogP contribution is 2.40. The second-order valence-corrected chi connectivity index (χ2v) is 6.81. The van der Waals surface area contributed by atoms with Crippen LogP contribution >= 0.6 is 11.6 Å². The molecule has 23 heavy (non-hydrogen) atoms. The lowest BCUT2D eigenvalue weighted by molar-refractivity contribution is -0.148. The summed E-state index contributed by atoms with van der Waals surface area (Å²) in [6, 6.07) is 7.48. The van der Waals surface area contributed by atoms with Crippen molar-refractivity contribution in [1.82, 2.24) is 5.32 Å². The highest BCUT2D eigenvalue weighted by molar-refractivity contribution is 6.30. The van der Waals surface area contributed by atoms with Crippen molar-refractivity contribution < 1.29 is 14.3 Å². The normalized spacial score (nSPS) is 16.9. The zero-order valence-corrected chi connectivity index (χ0v) is 14.5. The van der Waals surface area contributed by atoms with Crippen molar-refractivity contribution in [2.45, 2.75) is 57.5 Å². The topological polar surface area (TPSA) is 55.4 Å². The van der Waals surface area contributed by atoms with E-state index in [0.717, 1.165) is 37.7 Å². The van der Waals surface area contributed by atoms with Crippen molar-refractivity contribution in [3.8, 4) is 0 Å². The molecule has 0 aliphatic heterocycles. The predicted molar refractivity (Wildman–Crippen MR) is 90.5 cm³/mol. The first kappa shape index (κ1) is 17.8. The molecular weight excluding hydrogens is 314 g/mol. The van der Waals surface area contributed by atoms with Gasteiger partial charge < -0.3 is 10.1 Å². The molecule has 1 amide bonds. The molecule has 1 fully saturated rings. The van der Waals surface area contributed by atoms with Crippen LogP contribution in [0.3, 0.4) is 0 Å². The van der Waals surface area contributed by atoms with Gasteiger partial charge in [0.2, 0.25) is 5.91 Å². The van der Waals surface area contributed by atoms with Crippen LogP contribution in [0.2, 0.25) is 5.02 Å². The Hall–Kier alpha value is -1.55. The molecule has 0 spiro atoms. The van der Waals surface area contributed by atoms with E-state index in [4.69, 9.17) is 16.3 Å². The average Bonchev–Trinajstić information content (AvgIpc) is 2.52. The number of rotatable bonds is 5. The summed E-state index contributed by atoms with van der Waals surface area (Å²) in [5, 5.41) is 3.38. The molecule has 1 aromatic rings. The summed E-state index contributed by atoms with van der Waals surface area (Å²) >= 11 is 6.11. The molecule has 4 nitrogen and oxygen atoms in total. The fraction of sp³-hybridized carbons (Fsp3) is 0.556. The lowest BCUT2D eigenvalue weighted by Crippen LogP contribution is -2.47. The highest BCUT2D eigenvalue weighted by Gasteiger charge is 2.41. The lowest BCUT2D eigenvalue weighted by Gasteiger charge is -2.36. The first-order valence-electron chi connectivity index (χ1n) is 8.18. The smallest absolute Gasteiger partial charge is 0.325 e. The fourth-order valence-electron chi connectivity index (χ4n) is 3.21. The second kappa shape index (κ2) is 7.82. The molecule has 1 aliphatic carbocycles. The van der Waals surface area contributed by atoms with E-state index in [1.54, 1.807) is 19.9 Å². The van der Waals surface area contributed by atoms with Gasteiger partial charge in [-0.2, -0.15) is 0 Å². The van der Waals surface area contributed by atoms with E-state index < -0.39 is 11.4 Å². The first-order valence-corrected chi connectivity index (χ1v) is 8.56. The van der Waals surface area contributed by atoms with Gasteiger partial charge in [0.15, 0.2) is 0 Å². The van der Waals surface area contributed by atoms with Crippen LogP contribution < -0.4 is 5.32 Å². The van der Waals surface area contributed by atoms with Crippen LogP contribution in [0.25, 0.3) is 0 Å². The maximum absolute atomic E-state index is 12.9. The Morgan fingerprint density at radius 2 is 1.96 bits per heavy atom. The molecule has 0 radical (unpaired) electrons. The molecule has 0 saturated heterocycles. The van der Waals surface area contributed by atoms with E-state index >= 15 is 0 Å². The van der Waals surface area contributed by atoms with Gasteiger partial charge in [-0.25, -0.2) is 0 Å². The summed E-state index contributed by atoms with van der Waals surface area (Å²) in [5.74, 6) is -0.523. The molecule has 0 bridgehead atoms. The van der Waals surface area contributed by atoms with Crippen molar-refractivity contribution >= 4 is 23.5 Å². The molecule has 0 heterocycles. The minimum absolute atomic E-state index is 0.0979. The van der Waals surface area contributed by atoms with Gasteiger partial charge >= 0.3 is 5.97 Å². The Bertz CT molecular complexity index is 565. The number of carbonyl (C=O) groups is 2. The number of carbonyl (C=O) groups excluding carboxylic acids is 2. The number of nitrogens with one attached hydrogen (secondary N) is 1. The zero-order chi connectivity index (χ0) is 16.9. The van der Waals surface area contributed by atoms with Gasteiger partial charge in [0.25, 0.3) is 0 Å². The Labute approximate surface area is 142 Å². The summed E-state index contributed by atoms with van der Waals surface area (Å²) < 4.78 is 5.07. The maximum Gasteiger partial charge on any atom is 0.325 e. The number of hydrogen-bond acceptors (Lipinski definition) is 3. The van der Waals surface area contributed by atoms with Crippen LogP contribution in [0.5, 0.6) is 0 Å². The van der Waals surface area contributed by atoms with Gasteiger partial charge in [-0.05, 0) is 44.4 Å². The van der Waals surface area contributed by atoms with Gasteiger partial charge in [-0.3, -0.25) is 9.59 Å². The summed E-state index contributed by atoms with van der Waals surface area (Å²) in [7, 11) is 0. The van der Waals surface area contributed by atoms with E-state index in [-0.39, 0.29) is 18.6 Å². The molecule has 1 aromatic carbocycles. The van der Waals surface area contributed by atoms with Crippen molar-refractivity contribution in [3.05, 3.63) is 34.9 Å². The van der Waals surface area contributed by atoms with Gasteiger partial charge in [-0.15, -0.1) is 0 Å². The summed E-state index contributed by atoms with van der Waals surface area (Å²) in [4.78, 5) is 24.5. The minimum atomic E-state index is -0.596. The van der Waals surface area contributed by atoms with Crippen molar-refractivity contribution in [3.63, 3.8) is 0 Å². The van der Waals surface area contributed by atoms with E-state index in [1.165, 1.54) is 0 Å². The van der Waals surface area contributed by atoms with Gasteiger partial charge in [0, 0.05) is 5.02 Å². The second-order valence-electron chi connectivity index (χ2n) is 6.37. The van der Waals surface area contributed by atoms with Crippen molar-refractivity contribution in [2.75, 3.05) is 6.54 Å². The van der Waals surface area contributed by atoms with Crippen LogP contribution in [0.1, 0.15) is 51.5 Å². The monoisotopic (exact) mass is 337 g/mol. The van der Waals surface area contributed by atoms with E-state index in [2.05, 4.69) is 5.32 Å². The minimum Gasteiger partial charge on any atom is -0.462 e. The molecule has 0 atom stereocenters. The van der Waals surface area contributed by atoms with Crippen LogP contribution in [-0.2, 0) is 19.7 Å². The van der Waals surface area contributed by atoms with Crippen LogP contribution in [0.4, 0.5) is 0 Å². The molecule has 0 unspecified atom stereocenters. The average molecular weight is 338 g/mol. The molecule has 1 saturated carbocycles. The summed E-state index contributed by atoms with van der Waals surface area (Å²) in [6.45, 7) is 3.47. The van der Waals surface area contributed by atoms with Crippen molar-refractivity contribution in [1.29, 1.82) is 0 Å². The third kappa shape index (κ3) is 4.47. The van der Waals surface area contributed by atoms with Gasteiger partial charge in [0.1, 0.15) is 6.54 Å². The fourth-order valence-corrected chi connectivity index (χ4v) is 3.40. The van der Waals surface area contributed by atoms with Crippen LogP contribution in [0.15, 0.2) is 24.3 Å². The Morgan fingerprint density at radius 3 is 2.57 bits per heavy atom. The third-order valence-corrected chi connectivity index (χ3v) is 4.51. The van der Waals surface area contributed by atoms with Crippen LogP contribution in [0, 0.1) is 0 Å². The predicted octanol–water partition coefficient (Wildman–Crippen LogP) is 3.61. The number of amides is 1. The summed E-state index contributed by atoms with van der Waals surface area (Å²) in [6.07, 6.45) is 4.49.